The van der Waals surface area contributed by atoms with E-state index in [0.29, 0.717) is 12.4 Å². The molecule has 1 amide bonds. The maximum absolute atomic E-state index is 12.3. The quantitative estimate of drug-likeness (QED) is 0.715. The summed E-state index contributed by atoms with van der Waals surface area (Å²) in [5.41, 5.74) is 2.04. The van der Waals surface area contributed by atoms with E-state index in [1.807, 2.05) is 25.1 Å². The van der Waals surface area contributed by atoms with E-state index >= 15 is 0 Å². The van der Waals surface area contributed by atoms with Gasteiger partial charge in [-0.25, -0.2) is 4.68 Å². The van der Waals surface area contributed by atoms with E-state index in [4.69, 9.17) is 0 Å². The van der Waals surface area contributed by atoms with Gasteiger partial charge in [0.1, 0.15) is 12.4 Å². The number of aryl methyl sites for hydroxylation is 1. The summed E-state index contributed by atoms with van der Waals surface area (Å²) < 4.78 is 3.81. The zero-order valence-corrected chi connectivity index (χ0v) is 15.2. The van der Waals surface area contributed by atoms with Gasteiger partial charge in [0.25, 0.3) is 5.56 Å². The van der Waals surface area contributed by atoms with Crippen LogP contribution in [0.1, 0.15) is 11.1 Å². The van der Waals surface area contributed by atoms with Gasteiger partial charge >= 0.3 is 0 Å². The second kappa shape index (κ2) is 7.48. The first kappa shape index (κ1) is 17.2. The van der Waals surface area contributed by atoms with E-state index in [2.05, 4.69) is 32.4 Å². The summed E-state index contributed by atoms with van der Waals surface area (Å²) in [6.45, 7) is 2.53. The third-order valence-electron chi connectivity index (χ3n) is 3.66. The molecule has 6 nitrogen and oxygen atoms in total. The molecule has 0 saturated carbocycles. The molecular weight excluding hydrogens is 384 g/mol. The molecule has 0 aliphatic heterocycles. The molecule has 2 heterocycles. The summed E-state index contributed by atoms with van der Waals surface area (Å²) in [5, 5.41) is 7.07. The summed E-state index contributed by atoms with van der Waals surface area (Å²) in [7, 11) is 0. The lowest BCUT2D eigenvalue weighted by atomic mass is 10.1. The lowest BCUT2D eigenvalue weighted by Gasteiger charge is -2.10. The van der Waals surface area contributed by atoms with E-state index in [9.17, 15) is 9.59 Å². The van der Waals surface area contributed by atoms with Gasteiger partial charge < -0.3 is 9.88 Å². The Morgan fingerprint density at radius 3 is 2.88 bits per heavy atom. The smallest absolute Gasteiger partial charge is 0.251 e. The molecule has 1 N–H and O–H groups in total. The number of aromatic nitrogens is 3. The molecule has 128 valence electrons. The van der Waals surface area contributed by atoms with Gasteiger partial charge in [-0.05, 0) is 34.5 Å². The highest BCUT2D eigenvalue weighted by Crippen LogP contribution is 2.12. The zero-order valence-electron chi connectivity index (χ0n) is 13.6. The molecule has 0 spiro atoms. The molecule has 0 bridgehead atoms. The minimum atomic E-state index is -0.286. The predicted octanol–water partition coefficient (Wildman–Crippen LogP) is 2.80. The third kappa shape index (κ3) is 4.45. The Morgan fingerprint density at radius 2 is 2.08 bits per heavy atom. The van der Waals surface area contributed by atoms with Crippen LogP contribution in [-0.2, 0) is 17.9 Å². The molecule has 0 aliphatic rings. The Hall–Kier alpha value is -2.67. The number of benzene rings is 1. The molecule has 0 unspecified atom stereocenters. The summed E-state index contributed by atoms with van der Waals surface area (Å²) in [6.07, 6.45) is 3.22. The van der Waals surface area contributed by atoms with Gasteiger partial charge in [0.2, 0.25) is 5.91 Å². The molecule has 0 atom stereocenters. The topological polar surface area (TPSA) is 68.9 Å². The van der Waals surface area contributed by atoms with Gasteiger partial charge in [-0.2, -0.15) is 5.10 Å². The fourth-order valence-electron chi connectivity index (χ4n) is 2.51. The van der Waals surface area contributed by atoms with E-state index < -0.39 is 0 Å². The molecule has 0 radical (unpaired) electrons. The van der Waals surface area contributed by atoms with Crippen LogP contribution < -0.4 is 10.9 Å². The van der Waals surface area contributed by atoms with Crippen molar-refractivity contribution in [1.29, 1.82) is 0 Å². The summed E-state index contributed by atoms with van der Waals surface area (Å²) in [4.78, 5) is 24.1. The number of hydrogen-bond acceptors (Lipinski definition) is 3. The normalized spacial score (nSPS) is 10.6. The molecular formula is C18H17BrN4O2. The Labute approximate surface area is 153 Å². The van der Waals surface area contributed by atoms with Crippen molar-refractivity contribution in [1.82, 2.24) is 14.3 Å². The van der Waals surface area contributed by atoms with Crippen molar-refractivity contribution in [2.45, 2.75) is 20.0 Å². The van der Waals surface area contributed by atoms with Crippen LogP contribution in [0.4, 0.5) is 5.82 Å². The van der Waals surface area contributed by atoms with Gasteiger partial charge in [-0.3, -0.25) is 9.59 Å². The Morgan fingerprint density at radius 1 is 1.24 bits per heavy atom. The van der Waals surface area contributed by atoms with Gasteiger partial charge in [-0.15, -0.1) is 0 Å². The summed E-state index contributed by atoms with van der Waals surface area (Å²) >= 11 is 3.30. The van der Waals surface area contributed by atoms with E-state index in [1.54, 1.807) is 29.2 Å². The number of halogens is 1. The monoisotopic (exact) mass is 400 g/mol. The molecule has 0 saturated heterocycles. The first-order valence-corrected chi connectivity index (χ1v) is 8.54. The molecule has 1 aromatic carbocycles. The van der Waals surface area contributed by atoms with Crippen molar-refractivity contribution in [2.75, 3.05) is 5.32 Å². The first-order valence-electron chi connectivity index (χ1n) is 7.74. The number of nitrogens with zero attached hydrogens (tertiary/aromatic N) is 3. The van der Waals surface area contributed by atoms with Crippen LogP contribution in [0, 0.1) is 6.92 Å². The van der Waals surface area contributed by atoms with Crippen LogP contribution in [0.5, 0.6) is 0 Å². The van der Waals surface area contributed by atoms with Crippen LogP contribution in [-0.4, -0.2) is 20.3 Å². The van der Waals surface area contributed by atoms with E-state index in [-0.39, 0.29) is 18.0 Å². The van der Waals surface area contributed by atoms with E-state index in [1.165, 1.54) is 16.2 Å². The minimum Gasteiger partial charge on any atom is -0.309 e. The Balaban J connectivity index is 1.71. The first-order chi connectivity index (χ1) is 12.0. The maximum Gasteiger partial charge on any atom is 0.251 e. The highest BCUT2D eigenvalue weighted by molar-refractivity contribution is 9.10. The minimum absolute atomic E-state index is 0.0616. The molecule has 0 aliphatic carbocycles. The van der Waals surface area contributed by atoms with Crippen LogP contribution in [0.2, 0.25) is 0 Å². The van der Waals surface area contributed by atoms with Gasteiger partial charge in [0, 0.05) is 22.8 Å². The fraction of sp³-hybridized carbons (Fsp3) is 0.167. The molecule has 2 aromatic heterocycles. The number of carbonyl (C=O) groups is 1. The molecule has 3 rings (SSSR count). The average molecular weight is 401 g/mol. The van der Waals surface area contributed by atoms with Crippen molar-refractivity contribution in [3.8, 4) is 0 Å². The number of rotatable bonds is 5. The number of hydrogen-bond donors (Lipinski definition) is 1. The Bertz CT molecular complexity index is 961. The van der Waals surface area contributed by atoms with Gasteiger partial charge in [0.15, 0.2) is 0 Å². The van der Waals surface area contributed by atoms with Crippen molar-refractivity contribution in [3.05, 3.63) is 80.8 Å². The largest absolute Gasteiger partial charge is 0.309 e. The average Bonchev–Trinajstić information content (AvgIpc) is 2.98. The van der Waals surface area contributed by atoms with Gasteiger partial charge in [-0.1, -0.05) is 29.8 Å². The van der Waals surface area contributed by atoms with Crippen molar-refractivity contribution in [3.63, 3.8) is 0 Å². The summed E-state index contributed by atoms with van der Waals surface area (Å²) in [6, 6.07) is 12.9. The second-order valence-electron chi connectivity index (χ2n) is 5.72. The molecule has 25 heavy (non-hydrogen) atoms. The lowest BCUT2D eigenvalue weighted by molar-refractivity contribution is -0.116. The standard InChI is InChI=1S/C18H17BrN4O2/c1-13-3-2-4-14(9-13)10-23-16(7-8-20-23)21-17(24)12-22-11-15(19)5-6-18(22)25/h2-9,11H,10,12H2,1H3,(H,21,24). The van der Waals surface area contributed by atoms with Gasteiger partial charge in [0.05, 0.1) is 12.7 Å². The predicted molar refractivity (Wildman–Crippen MR) is 99.5 cm³/mol. The third-order valence-corrected chi connectivity index (χ3v) is 4.13. The summed E-state index contributed by atoms with van der Waals surface area (Å²) in [5.74, 6) is 0.306. The van der Waals surface area contributed by atoms with Crippen LogP contribution in [0.3, 0.4) is 0 Å². The van der Waals surface area contributed by atoms with E-state index in [0.717, 1.165) is 10.0 Å². The number of nitrogens with one attached hydrogen (secondary N) is 1. The fourth-order valence-corrected chi connectivity index (χ4v) is 2.89. The number of pyridine rings is 1. The molecule has 0 fully saturated rings. The Kier molecular flexibility index (Phi) is 5.14. The number of carbonyl (C=O) groups excluding carboxylic acids is 1. The zero-order chi connectivity index (χ0) is 17.8. The highest BCUT2D eigenvalue weighted by Gasteiger charge is 2.09. The SMILES string of the molecule is Cc1cccc(Cn2nccc2NC(=O)Cn2cc(Br)ccc2=O)c1. The molecule has 3 aromatic rings. The van der Waals surface area contributed by atoms with Crippen LogP contribution in [0.25, 0.3) is 0 Å². The maximum atomic E-state index is 12.3. The second-order valence-corrected chi connectivity index (χ2v) is 6.64. The number of anilines is 1. The number of amides is 1. The van der Waals surface area contributed by atoms with Crippen molar-refractivity contribution in [2.24, 2.45) is 0 Å². The van der Waals surface area contributed by atoms with Crippen molar-refractivity contribution >= 4 is 27.7 Å². The molecule has 7 heteroatoms. The highest BCUT2D eigenvalue weighted by atomic mass is 79.9. The van der Waals surface area contributed by atoms with Crippen LogP contribution >= 0.6 is 15.9 Å². The lowest BCUT2D eigenvalue weighted by Crippen LogP contribution is -2.27. The van der Waals surface area contributed by atoms with Crippen molar-refractivity contribution < 1.29 is 4.79 Å². The van der Waals surface area contributed by atoms with Crippen LogP contribution in [0.15, 0.2) is 64.1 Å².